The fraction of sp³-hybridized carbons (Fsp3) is 0. The van der Waals surface area contributed by atoms with E-state index >= 15 is 0 Å². The van der Waals surface area contributed by atoms with Crippen molar-refractivity contribution < 1.29 is 9.72 Å². The van der Waals surface area contributed by atoms with Crippen LogP contribution in [0.4, 0.5) is 11.5 Å². The lowest BCUT2D eigenvalue weighted by Gasteiger charge is -2.04. The minimum atomic E-state index is -0.588. The minimum absolute atomic E-state index is 0.137. The third kappa shape index (κ3) is 2.57. The number of para-hydroxylation sites is 1. The smallest absolute Gasteiger partial charge is 0.321 e. The molecule has 7 heteroatoms. The van der Waals surface area contributed by atoms with Crippen LogP contribution in [0.15, 0.2) is 40.9 Å². The summed E-state index contributed by atoms with van der Waals surface area (Å²) in [5, 5.41) is 13.1. The predicted molar refractivity (Wildman–Crippen MR) is 69.5 cm³/mol. The Morgan fingerprint density at radius 3 is 2.61 bits per heavy atom. The molecule has 2 rings (SSSR count). The number of nitrogens with zero attached hydrogens (tertiary/aromatic N) is 1. The number of anilines is 1. The van der Waals surface area contributed by atoms with Crippen molar-refractivity contribution in [1.29, 1.82) is 0 Å². The number of carbonyl (C=O) groups is 1. The second kappa shape index (κ2) is 5.01. The number of rotatable bonds is 3. The molecule has 0 atom stereocenters. The lowest BCUT2D eigenvalue weighted by Crippen LogP contribution is -2.12. The van der Waals surface area contributed by atoms with Gasteiger partial charge in [0.05, 0.1) is 5.69 Å². The molecule has 0 bridgehead atoms. The highest BCUT2D eigenvalue weighted by Gasteiger charge is 2.15. The number of nitro groups is 1. The number of hydrogen-bond acceptors (Lipinski definition) is 3. The number of aromatic nitrogens is 1. The number of benzene rings is 1. The molecular weight excluding hydrogens is 302 g/mol. The lowest BCUT2D eigenvalue weighted by molar-refractivity contribution is -0.389. The molecule has 0 aliphatic rings. The van der Waals surface area contributed by atoms with Gasteiger partial charge in [0.25, 0.3) is 5.91 Å². The number of aromatic amines is 1. The van der Waals surface area contributed by atoms with E-state index in [1.807, 2.05) is 6.07 Å². The van der Waals surface area contributed by atoms with Gasteiger partial charge in [0, 0.05) is 10.5 Å². The monoisotopic (exact) mass is 309 g/mol. The first-order valence-corrected chi connectivity index (χ1v) is 5.76. The van der Waals surface area contributed by atoms with Crippen LogP contribution in [0.25, 0.3) is 0 Å². The van der Waals surface area contributed by atoms with Crippen LogP contribution in [0, 0.1) is 10.1 Å². The fourth-order valence-electron chi connectivity index (χ4n) is 1.37. The number of carbonyl (C=O) groups excluding carboxylic acids is 1. The summed E-state index contributed by atoms with van der Waals surface area (Å²) < 4.78 is 0.736. The number of halogens is 1. The summed E-state index contributed by atoms with van der Waals surface area (Å²) >= 11 is 3.29. The van der Waals surface area contributed by atoms with Crippen molar-refractivity contribution >= 4 is 33.3 Å². The lowest BCUT2D eigenvalue weighted by atomic mass is 10.3. The average Bonchev–Trinajstić information content (AvgIpc) is 2.81. The molecule has 0 unspecified atom stereocenters. The first-order chi connectivity index (χ1) is 8.58. The van der Waals surface area contributed by atoms with Gasteiger partial charge in [-0.15, -0.1) is 0 Å². The molecule has 0 saturated carbocycles. The normalized spacial score (nSPS) is 10.1. The summed E-state index contributed by atoms with van der Waals surface area (Å²) in [6.45, 7) is 0. The van der Waals surface area contributed by atoms with Crippen molar-refractivity contribution in [3.05, 3.63) is 56.7 Å². The van der Waals surface area contributed by atoms with Crippen LogP contribution in [0.1, 0.15) is 10.5 Å². The molecule has 0 spiro atoms. The zero-order chi connectivity index (χ0) is 13.1. The Hall–Kier alpha value is -2.15. The van der Waals surface area contributed by atoms with Crippen molar-refractivity contribution in [3.8, 4) is 0 Å². The summed E-state index contributed by atoms with van der Waals surface area (Å²) in [5.74, 6) is -0.651. The standard InChI is InChI=1S/C11H8BrN3O3/c12-7-3-1-2-4-8(7)14-11(16)9-5-6-10(13-9)15(17)18/h1-6,13H,(H,14,16). The highest BCUT2D eigenvalue weighted by atomic mass is 79.9. The summed E-state index contributed by atoms with van der Waals surface area (Å²) in [6, 6.07) is 9.71. The zero-order valence-electron chi connectivity index (χ0n) is 9.01. The second-order valence-corrected chi connectivity index (χ2v) is 4.30. The Morgan fingerprint density at radius 1 is 1.28 bits per heavy atom. The third-order valence-corrected chi connectivity index (χ3v) is 2.93. The summed E-state index contributed by atoms with van der Waals surface area (Å²) in [5.41, 5.74) is 0.734. The molecule has 2 N–H and O–H groups in total. The Balaban J connectivity index is 2.17. The first kappa shape index (κ1) is 12.3. The fourth-order valence-corrected chi connectivity index (χ4v) is 1.76. The number of nitrogens with one attached hydrogen (secondary N) is 2. The van der Waals surface area contributed by atoms with Crippen LogP contribution in [0.5, 0.6) is 0 Å². The quantitative estimate of drug-likeness (QED) is 0.675. The van der Waals surface area contributed by atoms with Crippen LogP contribution < -0.4 is 5.32 Å². The summed E-state index contributed by atoms with van der Waals surface area (Å²) in [6.07, 6.45) is 0. The Bertz CT molecular complexity index is 609. The van der Waals surface area contributed by atoms with Crippen molar-refractivity contribution in [3.63, 3.8) is 0 Å². The molecule has 6 nitrogen and oxygen atoms in total. The van der Waals surface area contributed by atoms with Crippen LogP contribution in [-0.4, -0.2) is 15.8 Å². The molecule has 0 saturated heterocycles. The van der Waals surface area contributed by atoms with Gasteiger partial charge in [-0.2, -0.15) is 0 Å². The van der Waals surface area contributed by atoms with E-state index in [1.54, 1.807) is 18.2 Å². The van der Waals surface area contributed by atoms with Crippen LogP contribution in [0.2, 0.25) is 0 Å². The van der Waals surface area contributed by atoms with Gasteiger partial charge < -0.3 is 15.4 Å². The molecule has 1 aromatic heterocycles. The topological polar surface area (TPSA) is 88.0 Å². The predicted octanol–water partition coefficient (Wildman–Crippen LogP) is 2.94. The maximum Gasteiger partial charge on any atom is 0.321 e. The molecule has 0 aliphatic heterocycles. The Kier molecular flexibility index (Phi) is 3.42. The van der Waals surface area contributed by atoms with E-state index in [0.29, 0.717) is 5.69 Å². The third-order valence-electron chi connectivity index (χ3n) is 2.23. The molecular formula is C11H8BrN3O3. The van der Waals surface area contributed by atoms with E-state index < -0.39 is 10.8 Å². The second-order valence-electron chi connectivity index (χ2n) is 3.45. The minimum Gasteiger partial charge on any atom is -0.358 e. The van der Waals surface area contributed by atoms with Crippen LogP contribution >= 0.6 is 15.9 Å². The van der Waals surface area contributed by atoms with E-state index in [9.17, 15) is 14.9 Å². The van der Waals surface area contributed by atoms with Gasteiger partial charge in [-0.25, -0.2) is 4.98 Å². The van der Waals surface area contributed by atoms with Crippen LogP contribution in [-0.2, 0) is 0 Å². The summed E-state index contributed by atoms with van der Waals surface area (Å²) in [7, 11) is 0. The molecule has 0 aliphatic carbocycles. The average molecular weight is 310 g/mol. The van der Waals surface area contributed by atoms with Gasteiger partial charge in [-0.1, -0.05) is 12.1 Å². The van der Waals surface area contributed by atoms with Gasteiger partial charge in [0.15, 0.2) is 5.69 Å². The molecule has 92 valence electrons. The zero-order valence-corrected chi connectivity index (χ0v) is 10.6. The van der Waals surface area contributed by atoms with Gasteiger partial charge in [-0.3, -0.25) is 4.79 Å². The van der Waals surface area contributed by atoms with Crippen molar-refractivity contribution in [1.82, 2.24) is 4.98 Å². The van der Waals surface area contributed by atoms with Crippen molar-refractivity contribution in [2.75, 3.05) is 5.32 Å². The highest BCUT2D eigenvalue weighted by Crippen LogP contribution is 2.22. The maximum atomic E-state index is 11.8. The maximum absolute atomic E-state index is 11.8. The molecule has 0 fully saturated rings. The van der Waals surface area contributed by atoms with Gasteiger partial charge in [0.2, 0.25) is 0 Å². The SMILES string of the molecule is O=C(Nc1ccccc1Br)c1ccc([N+](=O)[O-])[nH]1. The van der Waals surface area contributed by atoms with Crippen molar-refractivity contribution in [2.24, 2.45) is 0 Å². The van der Waals surface area contributed by atoms with E-state index in [-0.39, 0.29) is 11.5 Å². The Morgan fingerprint density at radius 2 is 2.00 bits per heavy atom. The molecule has 1 heterocycles. The molecule has 1 amide bonds. The van der Waals surface area contributed by atoms with E-state index in [2.05, 4.69) is 26.2 Å². The van der Waals surface area contributed by atoms with Crippen molar-refractivity contribution in [2.45, 2.75) is 0 Å². The van der Waals surface area contributed by atoms with Gasteiger partial charge in [0.1, 0.15) is 0 Å². The largest absolute Gasteiger partial charge is 0.358 e. The van der Waals surface area contributed by atoms with Crippen LogP contribution in [0.3, 0.4) is 0 Å². The summed E-state index contributed by atoms with van der Waals surface area (Å²) in [4.78, 5) is 24.1. The number of H-pyrrole nitrogens is 1. The molecule has 0 radical (unpaired) electrons. The molecule has 1 aromatic carbocycles. The Labute approximate surface area is 110 Å². The number of hydrogen-bond donors (Lipinski definition) is 2. The van der Waals surface area contributed by atoms with Gasteiger partial charge >= 0.3 is 5.82 Å². The van der Waals surface area contributed by atoms with E-state index in [0.717, 1.165) is 4.47 Å². The van der Waals surface area contributed by atoms with E-state index in [4.69, 9.17) is 0 Å². The molecule has 2 aromatic rings. The van der Waals surface area contributed by atoms with Gasteiger partial charge in [-0.05, 0) is 39.1 Å². The number of amides is 1. The highest BCUT2D eigenvalue weighted by molar-refractivity contribution is 9.10. The molecule has 18 heavy (non-hydrogen) atoms. The first-order valence-electron chi connectivity index (χ1n) is 4.97. The van der Waals surface area contributed by atoms with E-state index in [1.165, 1.54) is 12.1 Å².